The van der Waals surface area contributed by atoms with Gasteiger partial charge in [0.05, 0.1) is 24.9 Å². The number of rotatable bonds is 2. The molecular weight excluding hydrogens is 304 g/mol. The topological polar surface area (TPSA) is 83.0 Å². The molecule has 0 saturated carbocycles. The third-order valence-electron chi connectivity index (χ3n) is 4.50. The zero-order valence-corrected chi connectivity index (χ0v) is 13.5. The first-order valence-electron chi connectivity index (χ1n) is 7.71. The fraction of sp³-hybridized carbons (Fsp3) is 0.222. The average molecular weight is 321 g/mol. The number of primary amides is 1. The van der Waals surface area contributed by atoms with Crippen molar-refractivity contribution in [1.82, 2.24) is 14.8 Å². The van der Waals surface area contributed by atoms with E-state index in [2.05, 4.69) is 29.1 Å². The van der Waals surface area contributed by atoms with Gasteiger partial charge in [0.2, 0.25) is 0 Å². The second-order valence-electron chi connectivity index (χ2n) is 5.99. The highest BCUT2D eigenvalue weighted by Crippen LogP contribution is 2.34. The Hall–Kier alpha value is -2.73. The minimum atomic E-state index is -0.519. The van der Waals surface area contributed by atoms with Crippen molar-refractivity contribution in [3.8, 4) is 11.1 Å². The molecule has 0 spiro atoms. The number of hydrogen-bond donors (Lipinski definition) is 1. The molecule has 0 saturated heterocycles. The number of benzene rings is 1. The Morgan fingerprint density at radius 3 is 2.92 bits per heavy atom. The van der Waals surface area contributed by atoms with Gasteiger partial charge in [-0.2, -0.15) is 5.10 Å². The fourth-order valence-corrected chi connectivity index (χ4v) is 3.28. The summed E-state index contributed by atoms with van der Waals surface area (Å²) in [6, 6.07) is 4.22. The van der Waals surface area contributed by atoms with Crippen LogP contribution in [0.4, 0.5) is 0 Å². The first-order valence-corrected chi connectivity index (χ1v) is 7.71. The Kier molecular flexibility index (Phi) is 3.35. The summed E-state index contributed by atoms with van der Waals surface area (Å²) in [5.41, 5.74) is 11.7. The number of nitrogens with zero attached hydrogens (tertiary/aromatic N) is 3. The number of aromatic nitrogens is 3. The number of carbonyl (C=O) groups excluding carboxylic acids is 1. The van der Waals surface area contributed by atoms with Gasteiger partial charge in [0.15, 0.2) is 0 Å². The highest BCUT2D eigenvalue weighted by atomic mass is 16.5. The van der Waals surface area contributed by atoms with Crippen LogP contribution in [0.1, 0.15) is 27.2 Å². The summed E-state index contributed by atoms with van der Waals surface area (Å²) < 4.78 is 7.42. The molecule has 6 heteroatoms. The summed E-state index contributed by atoms with van der Waals surface area (Å²) in [5, 5.41) is 5.40. The summed E-state index contributed by atoms with van der Waals surface area (Å²) in [6.07, 6.45) is 5.44. The maximum atomic E-state index is 11.7. The molecule has 0 bridgehead atoms. The smallest absolute Gasteiger partial charge is 0.267 e. The summed E-state index contributed by atoms with van der Waals surface area (Å²) in [5.74, 6) is -0.519. The van der Waals surface area contributed by atoms with E-state index >= 15 is 0 Å². The van der Waals surface area contributed by atoms with Gasteiger partial charge >= 0.3 is 0 Å². The molecule has 0 aliphatic carbocycles. The van der Waals surface area contributed by atoms with Gasteiger partial charge in [-0.3, -0.25) is 14.5 Å². The van der Waals surface area contributed by atoms with Crippen LogP contribution in [0.3, 0.4) is 0 Å². The predicted octanol–water partition coefficient (Wildman–Crippen LogP) is 2.13. The molecule has 1 aliphatic rings. The van der Waals surface area contributed by atoms with Crippen LogP contribution in [0.5, 0.6) is 0 Å². The predicted molar refractivity (Wildman–Crippen MR) is 90.3 cm³/mol. The van der Waals surface area contributed by atoms with Gasteiger partial charge in [0.1, 0.15) is 5.69 Å². The van der Waals surface area contributed by atoms with Crippen LogP contribution in [0, 0.1) is 13.3 Å². The van der Waals surface area contributed by atoms with Crippen LogP contribution >= 0.6 is 0 Å². The van der Waals surface area contributed by atoms with Crippen LogP contribution in [0.25, 0.3) is 22.0 Å². The number of amides is 1. The molecule has 1 radical (unpaired) electrons. The summed E-state index contributed by atoms with van der Waals surface area (Å²) in [4.78, 5) is 16.0. The molecule has 2 aromatic heterocycles. The van der Waals surface area contributed by atoms with E-state index in [1.165, 1.54) is 0 Å². The van der Waals surface area contributed by atoms with Crippen molar-refractivity contribution >= 4 is 16.8 Å². The van der Waals surface area contributed by atoms with Gasteiger partial charge < -0.3 is 10.5 Å². The molecule has 1 amide bonds. The van der Waals surface area contributed by atoms with Crippen LogP contribution in [-0.4, -0.2) is 27.3 Å². The Morgan fingerprint density at radius 1 is 1.29 bits per heavy atom. The Bertz CT molecular complexity index is 975. The molecule has 0 atom stereocenters. The van der Waals surface area contributed by atoms with E-state index in [9.17, 15) is 4.79 Å². The van der Waals surface area contributed by atoms with Crippen LogP contribution in [0.15, 0.2) is 24.5 Å². The first kappa shape index (κ1) is 14.8. The van der Waals surface area contributed by atoms with Crippen molar-refractivity contribution in [3.63, 3.8) is 0 Å². The van der Waals surface area contributed by atoms with Crippen molar-refractivity contribution in [2.75, 3.05) is 6.61 Å². The molecule has 1 aliphatic heterocycles. The lowest BCUT2D eigenvalue weighted by molar-refractivity contribution is 0.0991. The van der Waals surface area contributed by atoms with Crippen molar-refractivity contribution in [2.45, 2.75) is 13.5 Å². The average Bonchev–Trinajstić information content (AvgIpc) is 2.93. The van der Waals surface area contributed by atoms with Crippen molar-refractivity contribution < 1.29 is 9.53 Å². The molecule has 0 unspecified atom stereocenters. The summed E-state index contributed by atoms with van der Waals surface area (Å²) >= 11 is 0. The van der Waals surface area contributed by atoms with Crippen molar-refractivity contribution in [3.05, 3.63) is 53.3 Å². The van der Waals surface area contributed by atoms with Crippen molar-refractivity contribution in [1.29, 1.82) is 0 Å². The van der Waals surface area contributed by atoms with Crippen molar-refractivity contribution in [2.24, 2.45) is 12.8 Å². The van der Waals surface area contributed by atoms with E-state index in [-0.39, 0.29) is 0 Å². The zero-order valence-electron chi connectivity index (χ0n) is 13.5. The molecule has 2 N–H and O–H groups in total. The van der Waals surface area contributed by atoms with Gasteiger partial charge in [-0.1, -0.05) is 0 Å². The maximum absolute atomic E-state index is 11.7. The zero-order chi connectivity index (χ0) is 16.8. The minimum Gasteiger partial charge on any atom is -0.376 e. The molecule has 1 aromatic carbocycles. The molecule has 6 nitrogen and oxygen atoms in total. The van der Waals surface area contributed by atoms with Crippen LogP contribution in [-0.2, 0) is 18.4 Å². The summed E-state index contributed by atoms with van der Waals surface area (Å²) in [7, 11) is 1.92. The third kappa shape index (κ3) is 2.18. The van der Waals surface area contributed by atoms with Gasteiger partial charge in [0.25, 0.3) is 5.91 Å². The van der Waals surface area contributed by atoms with Gasteiger partial charge in [-0.05, 0) is 41.3 Å². The SMILES string of the molecule is Cc1cc2cnn(C)c2cc1-c1cnc(C(N)=O)c2c1COC[CH]2. The number of aryl methyl sites for hydroxylation is 2. The first-order chi connectivity index (χ1) is 11.6. The Labute approximate surface area is 139 Å². The van der Waals surface area contributed by atoms with E-state index in [4.69, 9.17) is 10.5 Å². The number of ether oxygens (including phenoxy) is 1. The lowest BCUT2D eigenvalue weighted by atomic mass is 9.91. The normalized spacial score (nSPS) is 13.9. The number of nitrogens with two attached hydrogens (primary N) is 1. The highest BCUT2D eigenvalue weighted by molar-refractivity contribution is 5.95. The molecule has 3 aromatic rings. The molecule has 24 heavy (non-hydrogen) atoms. The number of fused-ring (bicyclic) bond motifs is 2. The highest BCUT2D eigenvalue weighted by Gasteiger charge is 2.23. The van der Waals surface area contributed by atoms with Crippen LogP contribution in [0.2, 0.25) is 0 Å². The lowest BCUT2D eigenvalue weighted by Gasteiger charge is -2.22. The minimum absolute atomic E-state index is 0.302. The van der Waals surface area contributed by atoms with E-state index in [0.717, 1.165) is 38.7 Å². The van der Waals surface area contributed by atoms with E-state index < -0.39 is 5.91 Å². The van der Waals surface area contributed by atoms with Gasteiger partial charge in [-0.25, -0.2) is 0 Å². The monoisotopic (exact) mass is 321 g/mol. The number of carbonyl (C=O) groups is 1. The maximum Gasteiger partial charge on any atom is 0.267 e. The molecular formula is C18H17N4O2. The van der Waals surface area contributed by atoms with Gasteiger partial charge in [0, 0.05) is 30.6 Å². The number of hydrogen-bond acceptors (Lipinski definition) is 4. The Balaban J connectivity index is 1.98. The number of pyridine rings is 1. The second kappa shape index (κ2) is 5.42. The molecule has 0 fully saturated rings. The molecule has 4 rings (SSSR count). The summed E-state index contributed by atoms with van der Waals surface area (Å²) in [6.45, 7) is 2.95. The quantitative estimate of drug-likeness (QED) is 0.784. The Morgan fingerprint density at radius 2 is 2.12 bits per heavy atom. The molecule has 121 valence electrons. The van der Waals surface area contributed by atoms with E-state index in [1.807, 2.05) is 24.3 Å². The lowest BCUT2D eigenvalue weighted by Crippen LogP contribution is -2.21. The van der Waals surface area contributed by atoms with Crippen LogP contribution < -0.4 is 5.73 Å². The largest absolute Gasteiger partial charge is 0.376 e. The van der Waals surface area contributed by atoms with Gasteiger partial charge in [-0.15, -0.1) is 0 Å². The fourth-order valence-electron chi connectivity index (χ4n) is 3.28. The van der Waals surface area contributed by atoms with E-state index in [1.54, 1.807) is 6.20 Å². The van der Waals surface area contributed by atoms with E-state index in [0.29, 0.717) is 18.9 Å². The standard InChI is InChI=1S/C18H17N4O2/c1-10-5-11-7-21-22(2)16(11)6-13(10)14-8-20-17(18(19)23)12-3-4-24-9-15(12)14/h3,5-8H,4,9H2,1-2H3,(H2,19,23). The molecule has 3 heterocycles. The second-order valence-corrected chi connectivity index (χ2v) is 5.99. The third-order valence-corrected chi connectivity index (χ3v) is 4.50.